The van der Waals surface area contributed by atoms with E-state index in [1.807, 2.05) is 27.7 Å². The van der Waals surface area contributed by atoms with Gasteiger partial charge in [0.05, 0.1) is 6.04 Å². The Bertz CT molecular complexity index is 314. The van der Waals surface area contributed by atoms with Crippen molar-refractivity contribution in [3.63, 3.8) is 0 Å². The van der Waals surface area contributed by atoms with Crippen LogP contribution in [-0.2, 0) is 9.59 Å². The van der Waals surface area contributed by atoms with Crippen molar-refractivity contribution in [1.82, 2.24) is 10.6 Å². The van der Waals surface area contributed by atoms with Crippen molar-refractivity contribution in [1.29, 1.82) is 0 Å². The summed E-state index contributed by atoms with van der Waals surface area (Å²) in [5, 5.41) is 6.27. The van der Waals surface area contributed by atoms with Crippen molar-refractivity contribution in [2.45, 2.75) is 79.3 Å². The van der Waals surface area contributed by atoms with Gasteiger partial charge in [-0.15, -0.1) is 0 Å². The number of hydrogen-bond acceptors (Lipinski definition) is 3. The standard InChI is InChI=1S/C17H34N2O2/c1-7-11-18-17(21)14(6)9-8-10-15(19-13(4)5)16(20)12(2)3/h12-15,19H,7-11H2,1-6H3,(H,18,21). The molecule has 0 aromatic rings. The van der Waals surface area contributed by atoms with E-state index < -0.39 is 0 Å². The normalized spacial score (nSPS) is 14.3. The number of ketones is 1. The van der Waals surface area contributed by atoms with E-state index in [1.54, 1.807) is 0 Å². The lowest BCUT2D eigenvalue weighted by Crippen LogP contribution is -2.42. The molecule has 1 amide bonds. The number of rotatable bonds is 11. The molecule has 2 unspecified atom stereocenters. The van der Waals surface area contributed by atoms with Crippen LogP contribution in [-0.4, -0.2) is 30.3 Å². The van der Waals surface area contributed by atoms with Crippen molar-refractivity contribution in [2.75, 3.05) is 6.54 Å². The largest absolute Gasteiger partial charge is 0.356 e. The molecule has 0 aliphatic heterocycles. The maximum Gasteiger partial charge on any atom is 0.222 e. The lowest BCUT2D eigenvalue weighted by atomic mass is 9.94. The van der Waals surface area contributed by atoms with Gasteiger partial charge in [-0.2, -0.15) is 0 Å². The number of Topliss-reactive ketones (excluding diaryl/α,β-unsaturated/α-hetero) is 1. The summed E-state index contributed by atoms with van der Waals surface area (Å²) in [6, 6.07) is 0.207. The first-order chi connectivity index (χ1) is 9.79. The third kappa shape index (κ3) is 8.86. The fraction of sp³-hybridized carbons (Fsp3) is 0.882. The van der Waals surface area contributed by atoms with E-state index in [9.17, 15) is 9.59 Å². The SMILES string of the molecule is CCCNC(=O)C(C)CCCC(NC(C)C)C(=O)C(C)C. The zero-order valence-electron chi connectivity index (χ0n) is 14.7. The molecular formula is C17H34N2O2. The summed E-state index contributed by atoms with van der Waals surface area (Å²) < 4.78 is 0. The van der Waals surface area contributed by atoms with E-state index in [2.05, 4.69) is 24.5 Å². The summed E-state index contributed by atoms with van der Waals surface area (Å²) in [4.78, 5) is 24.0. The summed E-state index contributed by atoms with van der Waals surface area (Å²) in [6.07, 6.45) is 3.49. The topological polar surface area (TPSA) is 58.2 Å². The molecule has 0 bridgehead atoms. The van der Waals surface area contributed by atoms with Crippen molar-refractivity contribution >= 4 is 11.7 Å². The van der Waals surface area contributed by atoms with Crippen LogP contribution in [0.3, 0.4) is 0 Å². The van der Waals surface area contributed by atoms with Crippen LogP contribution in [0.5, 0.6) is 0 Å². The summed E-state index contributed by atoms with van der Waals surface area (Å²) in [7, 11) is 0. The van der Waals surface area contributed by atoms with E-state index in [0.29, 0.717) is 6.04 Å². The van der Waals surface area contributed by atoms with Crippen LogP contribution in [0.15, 0.2) is 0 Å². The Morgan fingerprint density at radius 3 is 2.10 bits per heavy atom. The molecule has 4 heteroatoms. The van der Waals surface area contributed by atoms with E-state index in [1.165, 1.54) is 0 Å². The molecule has 0 aromatic carbocycles. The number of nitrogens with one attached hydrogen (secondary N) is 2. The van der Waals surface area contributed by atoms with Crippen molar-refractivity contribution in [2.24, 2.45) is 11.8 Å². The van der Waals surface area contributed by atoms with Gasteiger partial charge in [0.2, 0.25) is 5.91 Å². The van der Waals surface area contributed by atoms with Crippen molar-refractivity contribution in [3.8, 4) is 0 Å². The first-order valence-corrected chi connectivity index (χ1v) is 8.37. The molecule has 0 heterocycles. The predicted octanol–water partition coefficient (Wildman–Crippen LogP) is 2.91. The quantitative estimate of drug-likeness (QED) is 0.616. The minimum absolute atomic E-state index is 0.0189. The van der Waals surface area contributed by atoms with Crippen LogP contribution < -0.4 is 10.6 Å². The van der Waals surface area contributed by atoms with E-state index in [4.69, 9.17) is 0 Å². The number of hydrogen-bond donors (Lipinski definition) is 2. The average molecular weight is 298 g/mol. The Hall–Kier alpha value is -0.900. The second kappa shape index (κ2) is 10.8. The van der Waals surface area contributed by atoms with Crippen LogP contribution in [0.1, 0.15) is 67.2 Å². The minimum atomic E-state index is -0.0871. The number of carbonyl (C=O) groups excluding carboxylic acids is 2. The fourth-order valence-electron chi connectivity index (χ4n) is 2.29. The first-order valence-electron chi connectivity index (χ1n) is 8.37. The molecule has 124 valence electrons. The Morgan fingerprint density at radius 2 is 1.62 bits per heavy atom. The van der Waals surface area contributed by atoms with E-state index in [-0.39, 0.29) is 29.6 Å². The fourth-order valence-corrected chi connectivity index (χ4v) is 2.29. The maximum absolute atomic E-state index is 12.2. The van der Waals surface area contributed by atoms with Gasteiger partial charge in [0.25, 0.3) is 0 Å². The minimum Gasteiger partial charge on any atom is -0.356 e. The highest BCUT2D eigenvalue weighted by molar-refractivity contribution is 5.85. The molecule has 0 spiro atoms. The summed E-state index contributed by atoms with van der Waals surface area (Å²) in [5.74, 6) is 0.462. The van der Waals surface area contributed by atoms with Gasteiger partial charge in [0, 0.05) is 24.4 Å². The summed E-state index contributed by atoms with van der Waals surface area (Å²) in [5.41, 5.74) is 0. The lowest BCUT2D eigenvalue weighted by Gasteiger charge is -2.22. The van der Waals surface area contributed by atoms with Crippen LogP contribution in [0.4, 0.5) is 0 Å². The molecular weight excluding hydrogens is 264 g/mol. The van der Waals surface area contributed by atoms with Gasteiger partial charge in [-0.05, 0) is 19.3 Å². The molecule has 0 aliphatic rings. The molecule has 0 aliphatic carbocycles. The molecule has 2 N–H and O–H groups in total. The van der Waals surface area contributed by atoms with E-state index >= 15 is 0 Å². The van der Waals surface area contributed by atoms with Gasteiger partial charge in [-0.3, -0.25) is 9.59 Å². The zero-order valence-corrected chi connectivity index (χ0v) is 14.7. The van der Waals surface area contributed by atoms with Crippen LogP contribution in [0, 0.1) is 11.8 Å². The van der Waals surface area contributed by atoms with Crippen LogP contribution in [0.25, 0.3) is 0 Å². The average Bonchev–Trinajstić information content (AvgIpc) is 2.41. The van der Waals surface area contributed by atoms with Gasteiger partial charge < -0.3 is 10.6 Å². The lowest BCUT2D eigenvalue weighted by molar-refractivity contribution is -0.124. The zero-order chi connectivity index (χ0) is 16.4. The highest BCUT2D eigenvalue weighted by atomic mass is 16.1. The Morgan fingerprint density at radius 1 is 1.00 bits per heavy atom. The molecule has 0 radical (unpaired) electrons. The predicted molar refractivity (Wildman–Crippen MR) is 88.2 cm³/mol. The molecule has 21 heavy (non-hydrogen) atoms. The second-order valence-electron chi connectivity index (χ2n) is 6.55. The Balaban J connectivity index is 4.24. The molecule has 2 atom stereocenters. The number of amides is 1. The molecule has 0 aromatic heterocycles. The molecule has 0 fully saturated rings. The van der Waals surface area contributed by atoms with Crippen LogP contribution in [0.2, 0.25) is 0 Å². The Kier molecular flexibility index (Phi) is 10.3. The molecule has 0 saturated heterocycles. The van der Waals surface area contributed by atoms with Gasteiger partial charge in [0.15, 0.2) is 5.78 Å². The molecule has 4 nitrogen and oxygen atoms in total. The second-order valence-corrected chi connectivity index (χ2v) is 6.55. The third-order valence-electron chi connectivity index (χ3n) is 3.57. The van der Waals surface area contributed by atoms with Gasteiger partial charge in [-0.25, -0.2) is 0 Å². The number of carbonyl (C=O) groups is 2. The summed E-state index contributed by atoms with van der Waals surface area (Å²) in [6.45, 7) is 12.7. The molecule has 0 rings (SSSR count). The van der Waals surface area contributed by atoms with Crippen molar-refractivity contribution in [3.05, 3.63) is 0 Å². The van der Waals surface area contributed by atoms with E-state index in [0.717, 1.165) is 32.2 Å². The smallest absolute Gasteiger partial charge is 0.222 e. The summed E-state index contributed by atoms with van der Waals surface area (Å²) >= 11 is 0. The van der Waals surface area contributed by atoms with Crippen molar-refractivity contribution < 1.29 is 9.59 Å². The first kappa shape index (κ1) is 20.1. The third-order valence-corrected chi connectivity index (χ3v) is 3.57. The Labute approximate surface area is 130 Å². The van der Waals surface area contributed by atoms with Gasteiger partial charge in [0.1, 0.15) is 0 Å². The molecule has 0 saturated carbocycles. The van der Waals surface area contributed by atoms with Gasteiger partial charge >= 0.3 is 0 Å². The maximum atomic E-state index is 12.2. The van der Waals surface area contributed by atoms with Gasteiger partial charge in [-0.1, -0.05) is 48.0 Å². The monoisotopic (exact) mass is 298 g/mol. The highest BCUT2D eigenvalue weighted by Crippen LogP contribution is 2.13. The van der Waals surface area contributed by atoms with Crippen LogP contribution >= 0.6 is 0 Å². The highest BCUT2D eigenvalue weighted by Gasteiger charge is 2.22.